The summed E-state index contributed by atoms with van der Waals surface area (Å²) in [6.45, 7) is 8.99. The molecule has 3 aliphatic carbocycles. The standard InChI is InChI=1S/C20H32O2/c1-13(2)14-6-8-16-15(12-14)7-9-17-19(16,3)10-5-11-20(17,4)18(21)22/h12,16-18,21-22H,5-11H2,1-4H3. The van der Waals surface area contributed by atoms with Crippen LogP contribution < -0.4 is 0 Å². The Kier molecular flexibility index (Phi) is 4.06. The van der Waals surface area contributed by atoms with Gasteiger partial charge in [-0.15, -0.1) is 0 Å². The van der Waals surface area contributed by atoms with Crippen LogP contribution in [0, 0.1) is 22.7 Å². The van der Waals surface area contributed by atoms with Gasteiger partial charge in [0.15, 0.2) is 6.29 Å². The molecule has 4 unspecified atom stereocenters. The van der Waals surface area contributed by atoms with E-state index in [0.717, 1.165) is 25.7 Å². The van der Waals surface area contributed by atoms with Crippen molar-refractivity contribution in [2.75, 3.05) is 0 Å². The van der Waals surface area contributed by atoms with Crippen molar-refractivity contribution in [1.29, 1.82) is 0 Å². The number of rotatable bonds is 1. The van der Waals surface area contributed by atoms with Crippen molar-refractivity contribution >= 4 is 0 Å². The van der Waals surface area contributed by atoms with Crippen molar-refractivity contribution in [3.63, 3.8) is 0 Å². The summed E-state index contributed by atoms with van der Waals surface area (Å²) in [5.74, 6) is 1.08. The number of allylic oxidation sites excluding steroid dienone is 4. The second-order valence-corrected chi connectivity index (χ2v) is 8.67. The normalized spacial score (nSPS) is 41.8. The fourth-order valence-corrected chi connectivity index (χ4v) is 5.92. The van der Waals surface area contributed by atoms with Gasteiger partial charge in [-0.1, -0.05) is 37.5 Å². The van der Waals surface area contributed by atoms with Crippen LogP contribution in [-0.4, -0.2) is 16.5 Å². The van der Waals surface area contributed by atoms with Gasteiger partial charge >= 0.3 is 0 Å². The van der Waals surface area contributed by atoms with Gasteiger partial charge in [-0.25, -0.2) is 0 Å². The summed E-state index contributed by atoms with van der Waals surface area (Å²) in [7, 11) is 0. The molecule has 0 heterocycles. The van der Waals surface area contributed by atoms with Gasteiger partial charge in [-0.2, -0.15) is 0 Å². The van der Waals surface area contributed by atoms with E-state index in [1.807, 2.05) is 0 Å². The molecule has 0 amide bonds. The lowest BCUT2D eigenvalue weighted by molar-refractivity contribution is -0.201. The Morgan fingerprint density at radius 2 is 1.86 bits per heavy atom. The predicted molar refractivity (Wildman–Crippen MR) is 90.2 cm³/mol. The van der Waals surface area contributed by atoms with E-state index in [2.05, 4.69) is 33.8 Å². The van der Waals surface area contributed by atoms with E-state index in [1.54, 1.807) is 5.57 Å². The summed E-state index contributed by atoms with van der Waals surface area (Å²) < 4.78 is 0. The van der Waals surface area contributed by atoms with Gasteiger partial charge < -0.3 is 10.2 Å². The zero-order chi connectivity index (χ0) is 16.1. The number of hydrogen-bond donors (Lipinski definition) is 2. The van der Waals surface area contributed by atoms with Gasteiger partial charge in [0.05, 0.1) is 0 Å². The highest BCUT2D eigenvalue weighted by molar-refractivity contribution is 5.34. The maximum Gasteiger partial charge on any atom is 0.157 e. The first kappa shape index (κ1) is 16.3. The number of aliphatic hydroxyl groups is 2. The molecule has 2 nitrogen and oxygen atoms in total. The fourth-order valence-electron chi connectivity index (χ4n) is 5.92. The van der Waals surface area contributed by atoms with Gasteiger partial charge in [0.2, 0.25) is 0 Å². The van der Waals surface area contributed by atoms with Crippen molar-refractivity contribution in [1.82, 2.24) is 0 Å². The number of aliphatic hydroxyl groups excluding tert-OH is 1. The van der Waals surface area contributed by atoms with Crippen LogP contribution in [0.3, 0.4) is 0 Å². The quantitative estimate of drug-likeness (QED) is 0.696. The Hall–Kier alpha value is -0.600. The molecular formula is C20H32O2. The molecule has 0 aromatic carbocycles. The van der Waals surface area contributed by atoms with E-state index in [1.165, 1.54) is 30.4 Å². The summed E-state index contributed by atoms with van der Waals surface area (Å²) in [6.07, 6.45) is 9.31. The lowest BCUT2D eigenvalue weighted by Crippen LogP contribution is -2.54. The third-order valence-corrected chi connectivity index (χ3v) is 7.28. The second-order valence-electron chi connectivity index (χ2n) is 8.67. The van der Waals surface area contributed by atoms with Crippen molar-refractivity contribution in [3.05, 3.63) is 22.8 Å². The molecule has 0 bridgehead atoms. The molecule has 0 aromatic rings. The number of fused-ring (bicyclic) bond motifs is 3. The first-order valence-electron chi connectivity index (χ1n) is 9.02. The smallest absolute Gasteiger partial charge is 0.157 e. The predicted octanol–water partition coefficient (Wildman–Crippen LogP) is 4.58. The Bertz CT molecular complexity index is 512. The van der Waals surface area contributed by atoms with Gasteiger partial charge in [0.1, 0.15) is 0 Å². The molecule has 3 aliphatic rings. The van der Waals surface area contributed by atoms with Crippen molar-refractivity contribution in [2.24, 2.45) is 22.7 Å². The second kappa shape index (κ2) is 5.49. The molecule has 22 heavy (non-hydrogen) atoms. The first-order valence-corrected chi connectivity index (χ1v) is 9.02. The zero-order valence-electron chi connectivity index (χ0n) is 14.7. The molecule has 0 aromatic heterocycles. The molecule has 3 rings (SSSR count). The van der Waals surface area contributed by atoms with Crippen LogP contribution in [0.4, 0.5) is 0 Å². The highest BCUT2D eigenvalue weighted by atomic mass is 16.5. The molecule has 4 atom stereocenters. The van der Waals surface area contributed by atoms with Crippen molar-refractivity contribution in [3.8, 4) is 0 Å². The lowest BCUT2D eigenvalue weighted by atomic mass is 9.45. The topological polar surface area (TPSA) is 40.5 Å². The van der Waals surface area contributed by atoms with Crippen LogP contribution >= 0.6 is 0 Å². The molecule has 2 N–H and O–H groups in total. The minimum atomic E-state index is -1.18. The SMILES string of the molecule is CC(C)=C1C=C2CCC3C(C)(C(O)O)CCCC3(C)C2CC1. The molecule has 124 valence electrons. The van der Waals surface area contributed by atoms with Gasteiger partial charge in [-0.05, 0) is 75.2 Å². The Morgan fingerprint density at radius 3 is 2.50 bits per heavy atom. The van der Waals surface area contributed by atoms with Gasteiger partial charge in [0, 0.05) is 5.41 Å². The summed E-state index contributed by atoms with van der Waals surface area (Å²) in [4.78, 5) is 0. The molecule has 2 heteroatoms. The fraction of sp³-hybridized carbons (Fsp3) is 0.800. The highest BCUT2D eigenvalue weighted by Gasteiger charge is 2.57. The molecule has 2 saturated carbocycles. The zero-order valence-corrected chi connectivity index (χ0v) is 14.7. The minimum absolute atomic E-state index is 0.244. The van der Waals surface area contributed by atoms with E-state index in [-0.39, 0.29) is 10.8 Å². The minimum Gasteiger partial charge on any atom is -0.368 e. The summed E-state index contributed by atoms with van der Waals surface area (Å²) in [5, 5.41) is 20.1. The molecule has 0 aliphatic heterocycles. The van der Waals surface area contributed by atoms with Crippen LogP contribution in [0.2, 0.25) is 0 Å². The molecule has 0 radical (unpaired) electrons. The van der Waals surface area contributed by atoms with E-state index in [0.29, 0.717) is 11.8 Å². The van der Waals surface area contributed by atoms with Crippen LogP contribution in [0.5, 0.6) is 0 Å². The Labute approximate surface area is 135 Å². The largest absolute Gasteiger partial charge is 0.368 e. The van der Waals surface area contributed by atoms with Crippen molar-refractivity contribution in [2.45, 2.75) is 78.9 Å². The monoisotopic (exact) mass is 304 g/mol. The number of hydrogen-bond acceptors (Lipinski definition) is 2. The highest BCUT2D eigenvalue weighted by Crippen LogP contribution is 2.63. The van der Waals surface area contributed by atoms with Crippen molar-refractivity contribution < 1.29 is 10.2 Å². The summed E-state index contributed by atoms with van der Waals surface area (Å²) >= 11 is 0. The lowest BCUT2D eigenvalue weighted by Gasteiger charge is -2.60. The average Bonchev–Trinajstić information content (AvgIpc) is 2.46. The Balaban J connectivity index is 1.97. The average molecular weight is 304 g/mol. The Morgan fingerprint density at radius 1 is 1.14 bits per heavy atom. The van der Waals surface area contributed by atoms with Gasteiger partial charge in [0.25, 0.3) is 0 Å². The van der Waals surface area contributed by atoms with E-state index in [4.69, 9.17) is 0 Å². The van der Waals surface area contributed by atoms with Crippen LogP contribution in [-0.2, 0) is 0 Å². The first-order chi connectivity index (χ1) is 10.3. The maximum atomic E-state index is 10.0. The maximum absolute atomic E-state index is 10.0. The summed E-state index contributed by atoms with van der Waals surface area (Å²) in [6, 6.07) is 0. The van der Waals surface area contributed by atoms with E-state index in [9.17, 15) is 10.2 Å². The van der Waals surface area contributed by atoms with Crippen LogP contribution in [0.1, 0.15) is 72.6 Å². The molecular weight excluding hydrogens is 272 g/mol. The van der Waals surface area contributed by atoms with E-state index < -0.39 is 6.29 Å². The third-order valence-electron chi connectivity index (χ3n) is 7.28. The molecule has 2 fully saturated rings. The van der Waals surface area contributed by atoms with Gasteiger partial charge in [-0.3, -0.25) is 0 Å². The molecule has 0 spiro atoms. The molecule has 0 saturated heterocycles. The third kappa shape index (κ3) is 2.30. The van der Waals surface area contributed by atoms with Crippen LogP contribution in [0.25, 0.3) is 0 Å². The van der Waals surface area contributed by atoms with Crippen LogP contribution in [0.15, 0.2) is 22.8 Å². The summed E-state index contributed by atoms with van der Waals surface area (Å²) in [5.41, 5.74) is 4.55. The van der Waals surface area contributed by atoms with E-state index >= 15 is 0 Å².